The van der Waals surface area contributed by atoms with E-state index in [1.54, 1.807) is 14.1 Å². The average Bonchev–Trinajstić information content (AvgIpc) is 2.72. The Labute approximate surface area is 168 Å². The Morgan fingerprint density at radius 3 is 2.54 bits per heavy atom. The summed E-state index contributed by atoms with van der Waals surface area (Å²) in [5.41, 5.74) is 3.30. The molecule has 0 aliphatic heterocycles. The first kappa shape index (κ1) is 20.4. The molecular weight excluding hydrogens is 348 g/mol. The van der Waals surface area contributed by atoms with Crippen molar-refractivity contribution in [2.24, 2.45) is 0 Å². The van der Waals surface area contributed by atoms with Gasteiger partial charge in [-0.25, -0.2) is 4.79 Å². The Balaban J connectivity index is 1.65. The van der Waals surface area contributed by atoms with Gasteiger partial charge in [0.2, 0.25) is 0 Å². The smallest absolute Gasteiger partial charge is 0.321 e. The van der Waals surface area contributed by atoms with Crippen LogP contribution in [0.4, 0.5) is 10.5 Å². The molecule has 1 aliphatic rings. The highest BCUT2D eigenvalue weighted by atomic mass is 16.5. The van der Waals surface area contributed by atoms with Crippen LogP contribution < -0.4 is 5.32 Å². The number of ether oxygens (including phenoxy) is 1. The molecule has 28 heavy (non-hydrogen) atoms. The van der Waals surface area contributed by atoms with Crippen molar-refractivity contribution < 1.29 is 9.53 Å². The molecule has 0 radical (unpaired) electrons. The zero-order valence-corrected chi connectivity index (χ0v) is 17.1. The SMILES string of the molecule is CN(C)C(=O)Nc1cccc(CCC(OC2CCCCC2)c2ccccc2)c1. The van der Waals surface area contributed by atoms with E-state index in [0.717, 1.165) is 18.5 Å². The van der Waals surface area contributed by atoms with Gasteiger partial charge in [0, 0.05) is 19.8 Å². The number of amides is 2. The highest BCUT2D eigenvalue weighted by Crippen LogP contribution is 2.30. The van der Waals surface area contributed by atoms with Gasteiger partial charge in [0.15, 0.2) is 0 Å². The molecule has 0 aromatic heterocycles. The summed E-state index contributed by atoms with van der Waals surface area (Å²) in [5, 5.41) is 2.92. The van der Waals surface area contributed by atoms with Crippen molar-refractivity contribution in [3.8, 4) is 0 Å². The van der Waals surface area contributed by atoms with Crippen molar-refractivity contribution in [1.29, 1.82) is 0 Å². The molecule has 1 fully saturated rings. The molecule has 4 heteroatoms. The number of benzene rings is 2. The summed E-state index contributed by atoms with van der Waals surface area (Å²) in [6.07, 6.45) is 8.59. The van der Waals surface area contributed by atoms with Crippen molar-refractivity contribution in [3.05, 3.63) is 65.7 Å². The van der Waals surface area contributed by atoms with Crippen molar-refractivity contribution in [2.45, 2.75) is 57.2 Å². The fourth-order valence-electron chi connectivity index (χ4n) is 3.75. The Hall–Kier alpha value is -2.33. The Bertz CT molecular complexity index is 739. The highest BCUT2D eigenvalue weighted by molar-refractivity contribution is 5.88. The number of urea groups is 1. The second-order valence-electron chi connectivity index (χ2n) is 7.86. The van der Waals surface area contributed by atoms with E-state index in [0.29, 0.717) is 6.10 Å². The molecule has 0 saturated heterocycles. The number of hydrogen-bond donors (Lipinski definition) is 1. The number of nitrogens with one attached hydrogen (secondary N) is 1. The molecule has 1 unspecified atom stereocenters. The molecule has 3 rings (SSSR count). The summed E-state index contributed by atoms with van der Waals surface area (Å²) in [5.74, 6) is 0. The molecule has 1 saturated carbocycles. The van der Waals surface area contributed by atoms with E-state index in [1.165, 1.54) is 48.1 Å². The third kappa shape index (κ3) is 6.10. The van der Waals surface area contributed by atoms with Gasteiger partial charge in [-0.2, -0.15) is 0 Å². The molecule has 0 bridgehead atoms. The summed E-state index contributed by atoms with van der Waals surface area (Å²) in [7, 11) is 3.48. The summed E-state index contributed by atoms with van der Waals surface area (Å²) in [4.78, 5) is 13.4. The minimum Gasteiger partial charge on any atom is -0.370 e. The van der Waals surface area contributed by atoms with E-state index in [9.17, 15) is 4.79 Å². The molecule has 150 valence electrons. The van der Waals surface area contributed by atoms with E-state index in [1.807, 2.05) is 12.1 Å². The van der Waals surface area contributed by atoms with Crippen LogP contribution in [0.25, 0.3) is 0 Å². The number of nitrogens with zero attached hydrogens (tertiary/aromatic N) is 1. The van der Waals surface area contributed by atoms with Crippen LogP contribution >= 0.6 is 0 Å². The van der Waals surface area contributed by atoms with Gasteiger partial charge in [0.05, 0.1) is 12.2 Å². The van der Waals surface area contributed by atoms with Crippen molar-refractivity contribution in [2.75, 3.05) is 19.4 Å². The van der Waals surface area contributed by atoms with E-state index in [4.69, 9.17) is 4.74 Å². The Morgan fingerprint density at radius 1 is 1.07 bits per heavy atom. The number of carbonyl (C=O) groups excluding carboxylic acids is 1. The monoisotopic (exact) mass is 380 g/mol. The fraction of sp³-hybridized carbons (Fsp3) is 0.458. The summed E-state index contributed by atoms with van der Waals surface area (Å²) < 4.78 is 6.55. The minimum atomic E-state index is -0.111. The molecule has 0 spiro atoms. The van der Waals surface area contributed by atoms with E-state index in [2.05, 4.69) is 47.8 Å². The third-order valence-electron chi connectivity index (χ3n) is 5.36. The van der Waals surface area contributed by atoms with Crippen molar-refractivity contribution >= 4 is 11.7 Å². The molecular formula is C24H32N2O2. The average molecular weight is 381 g/mol. The van der Waals surface area contributed by atoms with Gasteiger partial charge < -0.3 is 15.0 Å². The number of aryl methyl sites for hydroxylation is 1. The molecule has 2 aromatic carbocycles. The van der Waals surface area contributed by atoms with Crippen LogP contribution in [0.5, 0.6) is 0 Å². The van der Waals surface area contributed by atoms with Gasteiger partial charge in [-0.3, -0.25) is 0 Å². The quantitative estimate of drug-likeness (QED) is 0.659. The zero-order valence-electron chi connectivity index (χ0n) is 17.1. The van der Waals surface area contributed by atoms with Gasteiger partial charge >= 0.3 is 6.03 Å². The van der Waals surface area contributed by atoms with Crippen LogP contribution in [-0.2, 0) is 11.2 Å². The molecule has 1 N–H and O–H groups in total. The second kappa shape index (κ2) is 10.3. The standard InChI is InChI=1S/C24H32N2O2/c1-26(2)24(27)25-21-13-9-10-19(18-21)16-17-23(20-11-5-3-6-12-20)28-22-14-7-4-8-15-22/h3,5-6,9-13,18,22-23H,4,7-8,14-17H2,1-2H3,(H,25,27). The van der Waals surface area contributed by atoms with Gasteiger partial charge in [-0.15, -0.1) is 0 Å². The van der Waals surface area contributed by atoms with E-state index < -0.39 is 0 Å². The van der Waals surface area contributed by atoms with Crippen LogP contribution in [0, 0.1) is 0 Å². The zero-order chi connectivity index (χ0) is 19.8. The molecule has 0 heterocycles. The lowest BCUT2D eigenvalue weighted by molar-refractivity contribution is -0.0350. The first-order valence-electron chi connectivity index (χ1n) is 10.4. The predicted molar refractivity (Wildman–Crippen MR) is 115 cm³/mol. The molecule has 4 nitrogen and oxygen atoms in total. The second-order valence-corrected chi connectivity index (χ2v) is 7.86. The van der Waals surface area contributed by atoms with Gasteiger partial charge in [-0.1, -0.05) is 61.7 Å². The summed E-state index contributed by atoms with van der Waals surface area (Å²) >= 11 is 0. The third-order valence-corrected chi connectivity index (χ3v) is 5.36. The van der Waals surface area contributed by atoms with Crippen LogP contribution in [0.3, 0.4) is 0 Å². The normalized spacial score (nSPS) is 15.8. The first-order chi connectivity index (χ1) is 13.6. The number of rotatable bonds is 7. The Kier molecular flexibility index (Phi) is 7.49. The molecule has 1 atom stereocenters. The lowest BCUT2D eigenvalue weighted by Gasteiger charge is -2.28. The number of carbonyl (C=O) groups is 1. The lowest BCUT2D eigenvalue weighted by atomic mass is 9.96. The maximum Gasteiger partial charge on any atom is 0.321 e. The maximum atomic E-state index is 11.9. The van der Waals surface area contributed by atoms with Crippen LogP contribution in [0.15, 0.2) is 54.6 Å². The predicted octanol–water partition coefficient (Wildman–Crippen LogP) is 5.80. The van der Waals surface area contributed by atoms with E-state index in [-0.39, 0.29) is 12.1 Å². The molecule has 1 aliphatic carbocycles. The summed E-state index contributed by atoms with van der Waals surface area (Å²) in [6.45, 7) is 0. The maximum absolute atomic E-state index is 11.9. The first-order valence-corrected chi connectivity index (χ1v) is 10.4. The Morgan fingerprint density at radius 2 is 1.82 bits per heavy atom. The summed E-state index contributed by atoms with van der Waals surface area (Å²) in [6, 6.07) is 18.6. The topological polar surface area (TPSA) is 41.6 Å². The van der Waals surface area contributed by atoms with E-state index >= 15 is 0 Å². The van der Waals surface area contributed by atoms with Crippen molar-refractivity contribution in [1.82, 2.24) is 4.90 Å². The van der Waals surface area contributed by atoms with Crippen molar-refractivity contribution in [3.63, 3.8) is 0 Å². The van der Waals surface area contributed by atoms with Crippen LogP contribution in [0.1, 0.15) is 55.8 Å². The van der Waals surface area contributed by atoms with Crippen LogP contribution in [-0.4, -0.2) is 31.1 Å². The lowest BCUT2D eigenvalue weighted by Crippen LogP contribution is -2.27. The fourth-order valence-corrected chi connectivity index (χ4v) is 3.75. The van der Waals surface area contributed by atoms with Gasteiger partial charge in [0.25, 0.3) is 0 Å². The van der Waals surface area contributed by atoms with Gasteiger partial charge in [-0.05, 0) is 48.9 Å². The number of anilines is 1. The number of hydrogen-bond acceptors (Lipinski definition) is 2. The molecule has 2 amide bonds. The van der Waals surface area contributed by atoms with Crippen LogP contribution in [0.2, 0.25) is 0 Å². The highest BCUT2D eigenvalue weighted by Gasteiger charge is 2.20. The largest absolute Gasteiger partial charge is 0.370 e. The minimum absolute atomic E-state index is 0.111. The van der Waals surface area contributed by atoms with Gasteiger partial charge in [0.1, 0.15) is 0 Å². The molecule has 2 aromatic rings.